The molecule has 0 aromatic carbocycles. The maximum atomic E-state index is 12.2. The van der Waals surface area contributed by atoms with E-state index in [9.17, 15) is 4.79 Å². The molecule has 2 atom stereocenters. The first-order valence-electron chi connectivity index (χ1n) is 7.14. The molecule has 5 nitrogen and oxygen atoms in total. The summed E-state index contributed by atoms with van der Waals surface area (Å²) in [6.07, 6.45) is 7.79. The van der Waals surface area contributed by atoms with Crippen molar-refractivity contribution in [2.24, 2.45) is 11.7 Å². The molecule has 0 saturated heterocycles. The Hall–Kier alpha value is -1.36. The summed E-state index contributed by atoms with van der Waals surface area (Å²) in [5.74, 6) is 1.07. The Morgan fingerprint density at radius 3 is 3.05 bits per heavy atom. The molecule has 0 bridgehead atoms. The van der Waals surface area contributed by atoms with Gasteiger partial charge in [-0.3, -0.25) is 4.79 Å². The van der Waals surface area contributed by atoms with E-state index in [0.717, 1.165) is 19.3 Å². The number of rotatable bonds is 4. The van der Waals surface area contributed by atoms with Crippen LogP contribution >= 0.6 is 0 Å². The lowest BCUT2D eigenvalue weighted by Crippen LogP contribution is -2.50. The fraction of sp³-hybridized carbons (Fsp3) is 0.714. The Bertz CT molecular complexity index is 485. The number of nitrogens with two attached hydrogens (primary N) is 1. The summed E-state index contributed by atoms with van der Waals surface area (Å²) in [6, 6.07) is 0. The van der Waals surface area contributed by atoms with Crippen LogP contribution in [0.3, 0.4) is 0 Å². The molecule has 1 aromatic heterocycles. The van der Waals surface area contributed by atoms with Crippen molar-refractivity contribution in [3.8, 4) is 0 Å². The van der Waals surface area contributed by atoms with Crippen molar-refractivity contribution in [1.29, 1.82) is 0 Å². The Kier molecular flexibility index (Phi) is 4.24. The average molecular weight is 264 g/mol. The van der Waals surface area contributed by atoms with E-state index < -0.39 is 0 Å². The quantitative estimate of drug-likeness (QED) is 0.866. The largest absolute Gasteiger partial charge is 0.359 e. The minimum absolute atomic E-state index is 0.0592. The van der Waals surface area contributed by atoms with Crippen LogP contribution in [0.4, 0.5) is 5.82 Å². The Morgan fingerprint density at radius 2 is 2.42 bits per heavy atom. The summed E-state index contributed by atoms with van der Waals surface area (Å²) < 4.78 is 1.66. The van der Waals surface area contributed by atoms with Crippen molar-refractivity contribution in [2.75, 3.05) is 11.9 Å². The van der Waals surface area contributed by atoms with E-state index in [1.165, 1.54) is 6.42 Å². The highest BCUT2D eigenvalue weighted by molar-refractivity contribution is 5.35. The monoisotopic (exact) mass is 264 g/mol. The fourth-order valence-electron chi connectivity index (χ4n) is 3.04. The van der Waals surface area contributed by atoms with Crippen LogP contribution in [0.1, 0.15) is 39.5 Å². The van der Waals surface area contributed by atoms with Crippen molar-refractivity contribution in [1.82, 2.24) is 9.55 Å². The van der Waals surface area contributed by atoms with Crippen LogP contribution in [0.25, 0.3) is 0 Å². The minimum Gasteiger partial charge on any atom is -0.359 e. The summed E-state index contributed by atoms with van der Waals surface area (Å²) >= 11 is 0. The highest BCUT2D eigenvalue weighted by Gasteiger charge is 2.34. The van der Waals surface area contributed by atoms with E-state index in [4.69, 9.17) is 5.73 Å². The van der Waals surface area contributed by atoms with Crippen molar-refractivity contribution in [3.05, 3.63) is 22.7 Å². The number of nitrogens with one attached hydrogen (secondary N) is 1. The third kappa shape index (κ3) is 2.97. The Labute approximate surface area is 114 Å². The van der Waals surface area contributed by atoms with Crippen molar-refractivity contribution >= 4 is 5.82 Å². The number of hydrogen-bond donors (Lipinski definition) is 2. The summed E-state index contributed by atoms with van der Waals surface area (Å²) in [4.78, 5) is 16.4. The Balaban J connectivity index is 2.25. The molecule has 0 spiro atoms. The molecule has 1 aliphatic carbocycles. The van der Waals surface area contributed by atoms with Crippen LogP contribution in [0.2, 0.25) is 0 Å². The molecule has 2 unspecified atom stereocenters. The van der Waals surface area contributed by atoms with E-state index >= 15 is 0 Å². The SMILES string of the molecule is CCn1ccnc(NC2(CN)CCCC(C)C2)c1=O. The molecule has 1 heterocycles. The highest BCUT2D eigenvalue weighted by Crippen LogP contribution is 2.33. The molecule has 0 amide bonds. The first-order chi connectivity index (χ1) is 9.10. The van der Waals surface area contributed by atoms with Gasteiger partial charge in [0.1, 0.15) is 0 Å². The van der Waals surface area contributed by atoms with Crippen molar-refractivity contribution < 1.29 is 0 Å². The minimum atomic E-state index is -0.170. The topological polar surface area (TPSA) is 72.9 Å². The summed E-state index contributed by atoms with van der Waals surface area (Å²) in [6.45, 7) is 5.39. The first-order valence-corrected chi connectivity index (χ1v) is 7.14. The van der Waals surface area contributed by atoms with Crippen LogP contribution in [0.15, 0.2) is 17.2 Å². The van der Waals surface area contributed by atoms with E-state index in [1.807, 2.05) is 6.92 Å². The molecule has 0 aliphatic heterocycles. The molecular weight excluding hydrogens is 240 g/mol. The van der Waals surface area contributed by atoms with Crippen LogP contribution in [-0.2, 0) is 6.54 Å². The average Bonchev–Trinajstić information content (AvgIpc) is 2.41. The van der Waals surface area contributed by atoms with Gasteiger partial charge in [0.15, 0.2) is 5.82 Å². The van der Waals surface area contributed by atoms with E-state index in [2.05, 4.69) is 17.2 Å². The van der Waals surface area contributed by atoms with Crippen LogP contribution < -0.4 is 16.6 Å². The van der Waals surface area contributed by atoms with Gasteiger partial charge < -0.3 is 15.6 Å². The van der Waals surface area contributed by atoms with Gasteiger partial charge in [-0.05, 0) is 25.7 Å². The molecule has 19 heavy (non-hydrogen) atoms. The van der Waals surface area contributed by atoms with Gasteiger partial charge in [-0.15, -0.1) is 0 Å². The van der Waals surface area contributed by atoms with E-state index in [-0.39, 0.29) is 11.1 Å². The van der Waals surface area contributed by atoms with Crippen molar-refractivity contribution in [3.63, 3.8) is 0 Å². The molecule has 1 aromatic rings. The molecule has 1 fully saturated rings. The van der Waals surface area contributed by atoms with Gasteiger partial charge in [0.25, 0.3) is 5.56 Å². The molecule has 0 radical (unpaired) electrons. The zero-order valence-corrected chi connectivity index (χ0v) is 11.9. The second-order valence-electron chi connectivity index (χ2n) is 5.68. The summed E-state index contributed by atoms with van der Waals surface area (Å²) in [7, 11) is 0. The van der Waals surface area contributed by atoms with Gasteiger partial charge in [0.2, 0.25) is 0 Å². The molecule has 2 rings (SSSR count). The standard InChI is InChI=1S/C14H24N4O/c1-3-18-8-7-16-12(13(18)19)17-14(10-15)6-4-5-11(2)9-14/h7-8,11H,3-6,9-10,15H2,1-2H3,(H,16,17). The molecule has 1 aliphatic rings. The maximum Gasteiger partial charge on any atom is 0.293 e. The van der Waals surface area contributed by atoms with Gasteiger partial charge in [0.05, 0.1) is 5.54 Å². The predicted octanol–water partition coefficient (Wildman–Crippen LogP) is 1.58. The van der Waals surface area contributed by atoms with Crippen molar-refractivity contribution in [2.45, 2.75) is 51.6 Å². The smallest absolute Gasteiger partial charge is 0.293 e. The van der Waals surface area contributed by atoms with Crippen LogP contribution in [0.5, 0.6) is 0 Å². The fourth-order valence-corrected chi connectivity index (χ4v) is 3.04. The van der Waals surface area contributed by atoms with Gasteiger partial charge in [-0.2, -0.15) is 0 Å². The van der Waals surface area contributed by atoms with E-state index in [1.54, 1.807) is 17.0 Å². The first kappa shape index (κ1) is 14.1. The summed E-state index contributed by atoms with van der Waals surface area (Å²) in [5, 5.41) is 3.35. The van der Waals surface area contributed by atoms with Crippen LogP contribution in [0, 0.1) is 5.92 Å². The maximum absolute atomic E-state index is 12.2. The third-order valence-electron chi connectivity index (χ3n) is 4.12. The highest BCUT2D eigenvalue weighted by atomic mass is 16.1. The number of hydrogen-bond acceptors (Lipinski definition) is 4. The second-order valence-corrected chi connectivity index (χ2v) is 5.68. The predicted molar refractivity (Wildman–Crippen MR) is 77.2 cm³/mol. The lowest BCUT2D eigenvalue weighted by atomic mass is 9.76. The summed E-state index contributed by atoms with van der Waals surface area (Å²) in [5.41, 5.74) is 5.74. The van der Waals surface area contributed by atoms with Gasteiger partial charge >= 0.3 is 0 Å². The van der Waals surface area contributed by atoms with Gasteiger partial charge in [-0.1, -0.05) is 19.8 Å². The lowest BCUT2D eigenvalue weighted by molar-refractivity contribution is 0.263. The molecular formula is C14H24N4O. The lowest BCUT2D eigenvalue weighted by Gasteiger charge is -2.40. The second kappa shape index (κ2) is 5.74. The van der Waals surface area contributed by atoms with E-state index in [0.29, 0.717) is 24.8 Å². The molecule has 3 N–H and O–H groups in total. The zero-order valence-electron chi connectivity index (χ0n) is 11.9. The number of aryl methyl sites for hydroxylation is 1. The van der Waals surface area contributed by atoms with Crippen LogP contribution in [-0.4, -0.2) is 21.6 Å². The molecule has 5 heteroatoms. The number of aromatic nitrogens is 2. The molecule has 1 saturated carbocycles. The molecule has 106 valence electrons. The van der Waals surface area contributed by atoms with Gasteiger partial charge in [0, 0.05) is 25.5 Å². The van der Waals surface area contributed by atoms with Gasteiger partial charge in [-0.25, -0.2) is 4.98 Å². The zero-order chi connectivity index (χ0) is 13.9. The normalized spacial score (nSPS) is 27.2. The number of nitrogens with zero attached hydrogens (tertiary/aromatic N) is 2. The third-order valence-corrected chi connectivity index (χ3v) is 4.12. The number of anilines is 1. The Morgan fingerprint density at radius 1 is 1.63 bits per heavy atom.